The number of rotatable bonds is 6. The number of para-hydroxylation sites is 3. The fourth-order valence-corrected chi connectivity index (χ4v) is 15.7. The fraction of sp³-hybridized carbons (Fsp3) is 0.190. The van der Waals surface area contributed by atoms with Crippen molar-refractivity contribution in [3.8, 4) is 22.3 Å². The highest BCUT2D eigenvalue weighted by Crippen LogP contribution is 2.65. The van der Waals surface area contributed by atoms with E-state index < -0.39 is 5.41 Å². The zero-order valence-corrected chi connectivity index (χ0v) is 49.6. The van der Waals surface area contributed by atoms with Gasteiger partial charge in [0.2, 0.25) is 0 Å². The Kier molecular flexibility index (Phi) is 11.1. The lowest BCUT2D eigenvalue weighted by Gasteiger charge is -2.47. The van der Waals surface area contributed by atoms with Crippen molar-refractivity contribution < 1.29 is 0 Å². The van der Waals surface area contributed by atoms with Crippen molar-refractivity contribution in [2.24, 2.45) is 0 Å². The zero-order valence-electron chi connectivity index (χ0n) is 49.6. The zero-order chi connectivity index (χ0) is 57.0. The van der Waals surface area contributed by atoms with Crippen LogP contribution < -0.4 is 36.0 Å². The molecule has 1 unspecified atom stereocenters. The molecule has 11 aromatic carbocycles. The van der Waals surface area contributed by atoms with Gasteiger partial charge in [0, 0.05) is 69.5 Å². The molecule has 0 N–H and O–H groups in total. The van der Waals surface area contributed by atoms with E-state index in [1.54, 1.807) is 0 Å². The van der Waals surface area contributed by atoms with Crippen LogP contribution in [0.5, 0.6) is 0 Å². The predicted octanol–water partition coefficient (Wildman–Crippen LogP) is 18.5. The summed E-state index contributed by atoms with van der Waals surface area (Å²) < 4.78 is 0. The Labute approximate surface area is 496 Å². The Bertz CT molecular complexity index is 4440. The van der Waals surface area contributed by atoms with E-state index in [0.29, 0.717) is 0 Å². The van der Waals surface area contributed by atoms with E-state index in [0.717, 1.165) is 24.5 Å². The topological polar surface area (TPSA) is 13.0 Å². The first-order valence-corrected chi connectivity index (χ1v) is 30.5. The minimum atomic E-state index is -0.646. The fourth-order valence-electron chi connectivity index (χ4n) is 15.7. The molecule has 408 valence electrons. The van der Waals surface area contributed by atoms with Crippen LogP contribution >= 0.6 is 0 Å². The van der Waals surface area contributed by atoms with Crippen LogP contribution in [-0.4, -0.2) is 19.8 Å². The molecule has 4 nitrogen and oxygen atoms in total. The normalized spacial score (nSPS) is 16.1. The Morgan fingerprint density at radius 1 is 0.429 bits per heavy atom. The minimum Gasteiger partial charge on any atom is -0.371 e. The first-order valence-electron chi connectivity index (χ1n) is 30.5. The first kappa shape index (κ1) is 50.7. The third-order valence-electron chi connectivity index (χ3n) is 19.5. The number of hydrogen-bond acceptors (Lipinski definition) is 4. The van der Waals surface area contributed by atoms with Crippen molar-refractivity contribution in [1.82, 2.24) is 0 Å². The second-order valence-corrected chi connectivity index (χ2v) is 26.4. The van der Waals surface area contributed by atoms with E-state index in [1.807, 2.05) is 0 Å². The molecule has 16 rings (SSSR count). The highest BCUT2D eigenvalue weighted by Gasteiger charge is 2.53. The summed E-state index contributed by atoms with van der Waals surface area (Å²) in [5.41, 5.74) is 31.2. The van der Waals surface area contributed by atoms with Crippen molar-refractivity contribution in [1.29, 1.82) is 0 Å². The van der Waals surface area contributed by atoms with Crippen molar-refractivity contribution in [3.05, 3.63) is 269 Å². The maximum absolute atomic E-state index is 2.75. The summed E-state index contributed by atoms with van der Waals surface area (Å²) in [5.74, 6) is 0. The Morgan fingerprint density at radius 3 is 1.65 bits per heavy atom. The highest BCUT2D eigenvalue weighted by molar-refractivity contribution is 7.00. The van der Waals surface area contributed by atoms with Crippen LogP contribution in [0.3, 0.4) is 0 Å². The molecule has 3 aliphatic heterocycles. The molecule has 5 aliphatic rings. The molecule has 0 amide bonds. The molecule has 3 heterocycles. The Balaban J connectivity index is 1.04. The molecule has 1 saturated heterocycles. The van der Waals surface area contributed by atoms with Gasteiger partial charge in [-0.15, -0.1) is 0 Å². The van der Waals surface area contributed by atoms with E-state index in [4.69, 9.17) is 0 Å². The number of anilines is 10. The monoisotopic (exact) mass is 1080 g/mol. The molecule has 1 fully saturated rings. The summed E-state index contributed by atoms with van der Waals surface area (Å²) >= 11 is 0. The van der Waals surface area contributed by atoms with Gasteiger partial charge in [0.25, 0.3) is 6.71 Å². The van der Waals surface area contributed by atoms with E-state index in [1.165, 1.54) is 152 Å². The van der Waals surface area contributed by atoms with E-state index in [2.05, 4.69) is 299 Å². The standard InChI is InChI=1S/C79H69BN4/c1-50-24-21-25-51(2)75(50)84-71-48-57(81-44-19-20-45-81)47-70-74(71)80(66-46-53(78(6,7)8)40-43-68(66)83(70)56-41-38-52(39-42-56)77(3,4)5)67-49-61-58-30-15-17-33-62(58)79(64-35-22-32-60(72(61)64)76(67)84)63-34-18-16-31-59(63)73-65(79)36-23-37-69(73)82(54-26-11-9-12-27-54)55-28-13-10-14-29-55/h9-18,21-43,46-49H,19-20,44-45H2,1-8H3. The average Bonchev–Trinajstić information content (AvgIpc) is 1.26. The molecule has 1 atom stereocenters. The molecule has 0 aromatic heterocycles. The van der Waals surface area contributed by atoms with Crippen molar-refractivity contribution in [3.63, 3.8) is 0 Å². The number of aryl methyl sites for hydroxylation is 2. The van der Waals surface area contributed by atoms with Gasteiger partial charge >= 0.3 is 0 Å². The summed E-state index contributed by atoms with van der Waals surface area (Å²) in [7, 11) is 0. The molecule has 11 aromatic rings. The molecular formula is C79H69BN4. The highest BCUT2D eigenvalue weighted by atomic mass is 15.2. The van der Waals surface area contributed by atoms with Gasteiger partial charge in [-0.1, -0.05) is 205 Å². The third kappa shape index (κ3) is 7.20. The number of fused-ring (bicyclic) bond motifs is 14. The lowest BCUT2D eigenvalue weighted by Crippen LogP contribution is -2.61. The summed E-state index contributed by atoms with van der Waals surface area (Å²) in [6.45, 7) is 20.7. The molecule has 0 saturated carbocycles. The van der Waals surface area contributed by atoms with Crippen LogP contribution in [0.4, 0.5) is 56.9 Å². The number of hydrogen-bond donors (Lipinski definition) is 0. The largest absolute Gasteiger partial charge is 0.371 e. The van der Waals surface area contributed by atoms with Crippen LogP contribution in [0.1, 0.15) is 98.9 Å². The van der Waals surface area contributed by atoms with Crippen molar-refractivity contribution >= 4 is 90.7 Å². The van der Waals surface area contributed by atoms with E-state index in [-0.39, 0.29) is 17.5 Å². The first-order chi connectivity index (χ1) is 40.8. The molecule has 0 bridgehead atoms. The van der Waals surface area contributed by atoms with Crippen molar-refractivity contribution in [2.45, 2.75) is 84.5 Å². The second-order valence-electron chi connectivity index (χ2n) is 26.4. The van der Waals surface area contributed by atoms with Gasteiger partial charge in [0.1, 0.15) is 0 Å². The number of nitrogens with zero attached hydrogens (tertiary/aromatic N) is 4. The van der Waals surface area contributed by atoms with Gasteiger partial charge in [-0.3, -0.25) is 0 Å². The summed E-state index contributed by atoms with van der Waals surface area (Å²) in [5, 5.41) is 2.60. The van der Waals surface area contributed by atoms with Gasteiger partial charge in [0.05, 0.1) is 16.8 Å². The SMILES string of the molecule is Cc1cccc(C)c1N1c2cc(N3CCCC3)cc3c2B(c2cc(C(C)(C)C)ccc2N3c2ccc(C(C)(C)C)cc2)c2cc3c4c(cccc4c21)C1(c2ccccc2-c2c(N(c4ccccc4)c4ccccc4)cccc21)c1ccccc1-3. The number of benzene rings is 11. The molecular weight excluding hydrogens is 1020 g/mol. The Morgan fingerprint density at radius 2 is 0.988 bits per heavy atom. The molecule has 84 heavy (non-hydrogen) atoms. The molecule has 0 radical (unpaired) electrons. The smallest absolute Gasteiger partial charge is 0.252 e. The summed E-state index contributed by atoms with van der Waals surface area (Å²) in [6, 6.07) is 86.7. The van der Waals surface area contributed by atoms with Gasteiger partial charge in [-0.25, -0.2) is 0 Å². The lowest BCUT2D eigenvalue weighted by atomic mass is 9.33. The molecule has 2 aliphatic carbocycles. The quantitative estimate of drug-likeness (QED) is 0.154. The van der Waals surface area contributed by atoms with E-state index in [9.17, 15) is 0 Å². The minimum absolute atomic E-state index is 0.0239. The van der Waals surface area contributed by atoms with Crippen LogP contribution in [0.25, 0.3) is 33.0 Å². The Hall–Kier alpha value is -9.06. The second kappa shape index (κ2) is 18.5. The van der Waals surface area contributed by atoms with Crippen LogP contribution in [0, 0.1) is 13.8 Å². The van der Waals surface area contributed by atoms with Gasteiger partial charge < -0.3 is 19.6 Å². The van der Waals surface area contributed by atoms with E-state index >= 15 is 0 Å². The summed E-state index contributed by atoms with van der Waals surface area (Å²) in [4.78, 5) is 10.5. The van der Waals surface area contributed by atoms with Gasteiger partial charge in [-0.2, -0.15) is 0 Å². The van der Waals surface area contributed by atoms with Gasteiger partial charge in [0.15, 0.2) is 0 Å². The maximum atomic E-state index is 2.75. The van der Waals surface area contributed by atoms with Gasteiger partial charge in [-0.05, 0) is 181 Å². The maximum Gasteiger partial charge on any atom is 0.252 e. The van der Waals surface area contributed by atoms with Crippen LogP contribution in [0.15, 0.2) is 224 Å². The van der Waals surface area contributed by atoms with Crippen LogP contribution in [-0.2, 0) is 16.2 Å². The molecule has 1 spiro atoms. The average molecular weight is 1090 g/mol. The lowest BCUT2D eigenvalue weighted by molar-refractivity contribution is 0.590. The predicted molar refractivity (Wildman–Crippen MR) is 357 cm³/mol. The van der Waals surface area contributed by atoms with Crippen LogP contribution in [0.2, 0.25) is 0 Å². The van der Waals surface area contributed by atoms with Crippen molar-refractivity contribution in [2.75, 3.05) is 32.7 Å². The molecule has 5 heteroatoms. The summed E-state index contributed by atoms with van der Waals surface area (Å²) in [6.07, 6.45) is 2.39. The third-order valence-corrected chi connectivity index (χ3v) is 19.5.